The van der Waals surface area contributed by atoms with Crippen molar-refractivity contribution in [1.29, 1.82) is 0 Å². The highest BCUT2D eigenvalue weighted by molar-refractivity contribution is 7.98. The Hall–Kier alpha value is -1.16. The van der Waals surface area contributed by atoms with Crippen LogP contribution >= 0.6 is 11.8 Å². The van der Waals surface area contributed by atoms with Crippen LogP contribution in [0, 0.1) is 0 Å². The molecule has 3 nitrogen and oxygen atoms in total. The second kappa shape index (κ2) is 7.58. The van der Waals surface area contributed by atoms with Gasteiger partial charge in [0, 0.05) is 18.7 Å². The molecule has 1 unspecified atom stereocenters. The van der Waals surface area contributed by atoms with Crippen LogP contribution in [0.2, 0.25) is 0 Å². The van der Waals surface area contributed by atoms with Crippen molar-refractivity contribution in [2.45, 2.75) is 31.7 Å². The van der Waals surface area contributed by atoms with Gasteiger partial charge in [-0.15, -0.1) is 0 Å². The van der Waals surface area contributed by atoms with E-state index in [0.717, 1.165) is 30.9 Å². The van der Waals surface area contributed by atoms with Gasteiger partial charge in [-0.3, -0.25) is 4.79 Å². The minimum Gasteiger partial charge on any atom is -0.497 e. The number of hydrogen-bond acceptors (Lipinski definition) is 3. The monoisotopic (exact) mass is 293 g/mol. The molecule has 1 fully saturated rings. The van der Waals surface area contributed by atoms with Crippen LogP contribution in [-0.2, 0) is 4.79 Å². The molecule has 0 N–H and O–H groups in total. The van der Waals surface area contributed by atoms with E-state index < -0.39 is 0 Å². The van der Waals surface area contributed by atoms with Crippen LogP contribution in [0.3, 0.4) is 0 Å². The SMILES string of the molecule is COc1cccc(C2CCCCN2C(=O)CCSC)c1. The lowest BCUT2D eigenvalue weighted by Crippen LogP contribution is -2.38. The minimum atomic E-state index is 0.216. The van der Waals surface area contributed by atoms with E-state index in [1.54, 1.807) is 18.9 Å². The Morgan fingerprint density at radius 3 is 3.05 bits per heavy atom. The Morgan fingerprint density at radius 2 is 2.30 bits per heavy atom. The molecule has 0 saturated carbocycles. The van der Waals surface area contributed by atoms with Crippen LogP contribution in [0.5, 0.6) is 5.75 Å². The van der Waals surface area contributed by atoms with Crippen molar-refractivity contribution in [3.05, 3.63) is 29.8 Å². The smallest absolute Gasteiger partial charge is 0.223 e. The normalized spacial score (nSPS) is 18.9. The maximum atomic E-state index is 12.4. The third-order valence-corrected chi connectivity index (χ3v) is 4.43. The first-order valence-corrected chi connectivity index (χ1v) is 8.58. The van der Waals surface area contributed by atoms with E-state index in [1.807, 2.05) is 18.4 Å². The summed E-state index contributed by atoms with van der Waals surface area (Å²) in [6, 6.07) is 8.34. The van der Waals surface area contributed by atoms with Gasteiger partial charge in [0.25, 0.3) is 0 Å². The van der Waals surface area contributed by atoms with E-state index in [9.17, 15) is 4.79 Å². The number of amides is 1. The first-order valence-electron chi connectivity index (χ1n) is 7.18. The van der Waals surface area contributed by atoms with E-state index in [0.29, 0.717) is 6.42 Å². The van der Waals surface area contributed by atoms with Crippen molar-refractivity contribution in [1.82, 2.24) is 4.90 Å². The molecule has 110 valence electrons. The zero-order valence-electron chi connectivity index (χ0n) is 12.3. The van der Waals surface area contributed by atoms with Crippen molar-refractivity contribution in [3.8, 4) is 5.75 Å². The first-order chi connectivity index (χ1) is 9.76. The zero-order valence-corrected chi connectivity index (χ0v) is 13.1. The molecular formula is C16H23NO2S. The van der Waals surface area contributed by atoms with Crippen LogP contribution < -0.4 is 4.74 Å². The number of carbonyl (C=O) groups excluding carboxylic acids is 1. The largest absolute Gasteiger partial charge is 0.497 e. The summed E-state index contributed by atoms with van der Waals surface area (Å²) >= 11 is 1.73. The summed E-state index contributed by atoms with van der Waals surface area (Å²) in [5.41, 5.74) is 1.20. The van der Waals surface area contributed by atoms with Crippen molar-refractivity contribution in [2.75, 3.05) is 25.7 Å². The van der Waals surface area contributed by atoms with Gasteiger partial charge in [0.15, 0.2) is 0 Å². The predicted molar refractivity (Wildman–Crippen MR) is 84.3 cm³/mol. The van der Waals surface area contributed by atoms with Gasteiger partial charge in [0.1, 0.15) is 5.75 Å². The number of rotatable bonds is 5. The third kappa shape index (κ3) is 3.69. The van der Waals surface area contributed by atoms with E-state index in [-0.39, 0.29) is 11.9 Å². The average Bonchev–Trinajstić information content (AvgIpc) is 2.52. The van der Waals surface area contributed by atoms with E-state index in [1.165, 1.54) is 12.0 Å². The summed E-state index contributed by atoms with van der Waals surface area (Å²) in [5, 5.41) is 0. The molecule has 1 aromatic rings. The van der Waals surface area contributed by atoms with Crippen LogP contribution in [0.15, 0.2) is 24.3 Å². The molecule has 1 atom stereocenters. The number of thioether (sulfide) groups is 1. The number of ether oxygens (including phenoxy) is 1. The van der Waals surface area contributed by atoms with Gasteiger partial charge < -0.3 is 9.64 Å². The van der Waals surface area contributed by atoms with Crippen molar-refractivity contribution in [2.24, 2.45) is 0 Å². The van der Waals surface area contributed by atoms with Gasteiger partial charge in [0.05, 0.1) is 13.2 Å². The standard InChI is InChI=1S/C16H23NO2S/c1-19-14-7-5-6-13(12-14)15-8-3-4-10-17(15)16(18)9-11-20-2/h5-7,12,15H,3-4,8-11H2,1-2H3. The quantitative estimate of drug-likeness (QED) is 0.832. The van der Waals surface area contributed by atoms with Crippen LogP contribution in [0.1, 0.15) is 37.3 Å². The molecule has 1 saturated heterocycles. The molecule has 0 bridgehead atoms. The highest BCUT2D eigenvalue weighted by Gasteiger charge is 2.27. The number of nitrogens with zero attached hydrogens (tertiary/aromatic N) is 1. The molecule has 0 aromatic heterocycles. The Kier molecular flexibility index (Phi) is 5.77. The van der Waals surface area contributed by atoms with Crippen molar-refractivity contribution >= 4 is 17.7 Å². The molecule has 0 spiro atoms. The molecule has 4 heteroatoms. The molecule has 1 aliphatic rings. The summed E-state index contributed by atoms with van der Waals surface area (Å²) < 4.78 is 5.30. The van der Waals surface area contributed by atoms with Crippen molar-refractivity contribution in [3.63, 3.8) is 0 Å². The first kappa shape index (κ1) is 15.2. The molecule has 20 heavy (non-hydrogen) atoms. The van der Waals surface area contributed by atoms with Gasteiger partial charge in [-0.1, -0.05) is 12.1 Å². The van der Waals surface area contributed by atoms with Gasteiger partial charge >= 0.3 is 0 Å². The summed E-state index contributed by atoms with van der Waals surface area (Å²) in [4.78, 5) is 14.4. The highest BCUT2D eigenvalue weighted by atomic mass is 32.2. The summed E-state index contributed by atoms with van der Waals surface area (Å²) in [6.45, 7) is 0.884. The molecule has 2 rings (SSSR count). The van der Waals surface area contributed by atoms with Gasteiger partial charge in [-0.05, 0) is 43.2 Å². The molecule has 1 heterocycles. The fraction of sp³-hybridized carbons (Fsp3) is 0.562. The maximum Gasteiger partial charge on any atom is 0.223 e. The fourth-order valence-electron chi connectivity index (χ4n) is 2.76. The van der Waals surface area contributed by atoms with E-state index >= 15 is 0 Å². The summed E-state index contributed by atoms with van der Waals surface area (Å²) in [7, 11) is 1.68. The Balaban J connectivity index is 2.15. The molecule has 0 aliphatic carbocycles. The predicted octanol–water partition coefficient (Wildman–Crippen LogP) is 3.50. The number of methoxy groups -OCH3 is 1. The van der Waals surface area contributed by atoms with E-state index in [2.05, 4.69) is 17.0 Å². The molecule has 1 aliphatic heterocycles. The molecule has 0 radical (unpaired) electrons. The number of carbonyl (C=O) groups is 1. The topological polar surface area (TPSA) is 29.5 Å². The zero-order chi connectivity index (χ0) is 14.4. The fourth-order valence-corrected chi connectivity index (χ4v) is 3.14. The second-order valence-corrected chi connectivity index (χ2v) is 6.10. The molecule has 1 amide bonds. The van der Waals surface area contributed by atoms with Gasteiger partial charge in [-0.2, -0.15) is 11.8 Å². The molecule has 1 aromatic carbocycles. The Labute approximate surface area is 125 Å². The van der Waals surface area contributed by atoms with Gasteiger partial charge in [0.2, 0.25) is 5.91 Å². The van der Waals surface area contributed by atoms with Crippen molar-refractivity contribution < 1.29 is 9.53 Å². The Morgan fingerprint density at radius 1 is 1.45 bits per heavy atom. The third-order valence-electron chi connectivity index (χ3n) is 3.82. The summed E-state index contributed by atoms with van der Waals surface area (Å²) in [6.07, 6.45) is 6.04. The van der Waals surface area contributed by atoms with Crippen LogP contribution in [-0.4, -0.2) is 36.5 Å². The summed E-state index contributed by atoms with van der Waals surface area (Å²) in [5.74, 6) is 2.05. The number of hydrogen-bond donors (Lipinski definition) is 0. The lowest BCUT2D eigenvalue weighted by molar-refractivity contribution is -0.134. The van der Waals surface area contributed by atoms with Crippen LogP contribution in [0.4, 0.5) is 0 Å². The van der Waals surface area contributed by atoms with Gasteiger partial charge in [-0.25, -0.2) is 0 Å². The lowest BCUT2D eigenvalue weighted by Gasteiger charge is -2.36. The minimum absolute atomic E-state index is 0.216. The molecular weight excluding hydrogens is 270 g/mol. The lowest BCUT2D eigenvalue weighted by atomic mass is 9.95. The maximum absolute atomic E-state index is 12.4. The van der Waals surface area contributed by atoms with Crippen LogP contribution in [0.25, 0.3) is 0 Å². The highest BCUT2D eigenvalue weighted by Crippen LogP contribution is 2.33. The number of benzene rings is 1. The second-order valence-electron chi connectivity index (χ2n) is 5.12. The number of piperidine rings is 1. The van der Waals surface area contributed by atoms with E-state index in [4.69, 9.17) is 4.74 Å². The number of likely N-dealkylation sites (tertiary alicyclic amines) is 1. The Bertz CT molecular complexity index is 450. The average molecular weight is 293 g/mol.